The predicted molar refractivity (Wildman–Crippen MR) is 66.6 cm³/mol. The third kappa shape index (κ3) is 2.32. The van der Waals surface area contributed by atoms with E-state index in [-0.39, 0.29) is 0 Å². The van der Waals surface area contributed by atoms with Crippen LogP contribution in [0.3, 0.4) is 0 Å². The fourth-order valence-corrected chi connectivity index (χ4v) is 2.00. The molecule has 0 bridgehead atoms. The Morgan fingerprint density at radius 2 is 2.27 bits per heavy atom. The molecule has 2 nitrogen and oxygen atoms in total. The zero-order chi connectivity index (χ0) is 10.7. The molecular formula is C13H18N2. The van der Waals surface area contributed by atoms with Gasteiger partial charge < -0.3 is 10.2 Å². The summed E-state index contributed by atoms with van der Waals surface area (Å²) in [6, 6.07) is 8.50. The molecule has 0 amide bonds. The van der Waals surface area contributed by atoms with Crippen molar-refractivity contribution < 1.29 is 0 Å². The number of anilines is 2. The number of para-hydroxylation sites is 2. The van der Waals surface area contributed by atoms with Crippen molar-refractivity contribution in [1.82, 2.24) is 0 Å². The van der Waals surface area contributed by atoms with Gasteiger partial charge in [0.25, 0.3) is 0 Å². The number of fused-ring (bicyclic) bond motifs is 1. The van der Waals surface area contributed by atoms with Crippen molar-refractivity contribution in [2.75, 3.05) is 29.9 Å². The molecule has 1 aromatic carbocycles. The second-order valence-corrected chi connectivity index (χ2v) is 4.18. The minimum atomic E-state index is 0.957. The zero-order valence-electron chi connectivity index (χ0n) is 9.29. The SMILES string of the molecule is C=C(C)CN1CCCNc2ccccc21. The molecule has 0 atom stereocenters. The van der Waals surface area contributed by atoms with Gasteiger partial charge in [-0.15, -0.1) is 0 Å². The highest BCUT2D eigenvalue weighted by Gasteiger charge is 2.13. The molecule has 15 heavy (non-hydrogen) atoms. The van der Waals surface area contributed by atoms with Gasteiger partial charge in [0.05, 0.1) is 11.4 Å². The maximum absolute atomic E-state index is 3.99. The zero-order valence-corrected chi connectivity index (χ0v) is 9.29. The molecule has 80 valence electrons. The lowest BCUT2D eigenvalue weighted by atomic mass is 10.2. The third-order valence-corrected chi connectivity index (χ3v) is 2.63. The number of rotatable bonds is 2. The monoisotopic (exact) mass is 202 g/mol. The summed E-state index contributed by atoms with van der Waals surface area (Å²) in [5.41, 5.74) is 3.76. The molecule has 0 spiro atoms. The van der Waals surface area contributed by atoms with Gasteiger partial charge in [0.1, 0.15) is 0 Å². The number of hydrogen-bond donors (Lipinski definition) is 1. The fourth-order valence-electron chi connectivity index (χ4n) is 2.00. The molecule has 0 aromatic heterocycles. The minimum Gasteiger partial charge on any atom is -0.383 e. The summed E-state index contributed by atoms with van der Waals surface area (Å²) in [4.78, 5) is 2.40. The lowest BCUT2D eigenvalue weighted by Gasteiger charge is -2.24. The van der Waals surface area contributed by atoms with Gasteiger partial charge in [-0.05, 0) is 25.5 Å². The summed E-state index contributed by atoms with van der Waals surface area (Å²) >= 11 is 0. The highest BCUT2D eigenvalue weighted by Crippen LogP contribution is 2.28. The Labute approximate surface area is 91.6 Å². The van der Waals surface area contributed by atoms with E-state index in [1.54, 1.807) is 0 Å². The smallest absolute Gasteiger partial charge is 0.0604 e. The van der Waals surface area contributed by atoms with Gasteiger partial charge in [0.15, 0.2) is 0 Å². The maximum Gasteiger partial charge on any atom is 0.0604 e. The second kappa shape index (κ2) is 4.39. The van der Waals surface area contributed by atoms with Gasteiger partial charge in [-0.1, -0.05) is 24.3 Å². The highest BCUT2D eigenvalue weighted by molar-refractivity contribution is 5.71. The van der Waals surface area contributed by atoms with Gasteiger partial charge in [-0.3, -0.25) is 0 Å². The first kappa shape index (κ1) is 10.1. The molecule has 0 saturated carbocycles. The average Bonchev–Trinajstić information content (AvgIpc) is 2.41. The quantitative estimate of drug-likeness (QED) is 0.742. The molecule has 1 N–H and O–H groups in total. The lowest BCUT2D eigenvalue weighted by molar-refractivity contribution is 0.795. The summed E-state index contributed by atoms with van der Waals surface area (Å²) in [5, 5.41) is 3.46. The molecule has 1 aliphatic heterocycles. The molecule has 0 saturated heterocycles. The van der Waals surface area contributed by atoms with Crippen LogP contribution in [0, 0.1) is 0 Å². The highest BCUT2D eigenvalue weighted by atomic mass is 15.2. The number of nitrogens with zero attached hydrogens (tertiary/aromatic N) is 1. The Morgan fingerprint density at radius 3 is 3.07 bits per heavy atom. The van der Waals surface area contributed by atoms with Crippen LogP contribution in [-0.2, 0) is 0 Å². The molecule has 2 heteroatoms. The van der Waals surface area contributed by atoms with Crippen LogP contribution in [0.4, 0.5) is 11.4 Å². The van der Waals surface area contributed by atoms with E-state index < -0.39 is 0 Å². The van der Waals surface area contributed by atoms with Crippen molar-refractivity contribution in [3.63, 3.8) is 0 Å². The van der Waals surface area contributed by atoms with Gasteiger partial charge in [-0.2, -0.15) is 0 Å². The van der Waals surface area contributed by atoms with Crippen molar-refractivity contribution in [3.8, 4) is 0 Å². The molecule has 0 aliphatic carbocycles. The van der Waals surface area contributed by atoms with Crippen LogP contribution >= 0.6 is 0 Å². The molecule has 1 aromatic rings. The molecule has 0 radical (unpaired) electrons. The van der Waals surface area contributed by atoms with Crippen LogP contribution in [-0.4, -0.2) is 19.6 Å². The van der Waals surface area contributed by atoms with E-state index in [2.05, 4.69) is 48.0 Å². The molecular weight excluding hydrogens is 184 g/mol. The first-order valence-electron chi connectivity index (χ1n) is 5.49. The Balaban J connectivity index is 2.28. The Bertz CT molecular complexity index is 357. The van der Waals surface area contributed by atoms with Gasteiger partial charge in [0.2, 0.25) is 0 Å². The van der Waals surface area contributed by atoms with Crippen molar-refractivity contribution in [3.05, 3.63) is 36.4 Å². The van der Waals surface area contributed by atoms with Crippen LogP contribution in [0.5, 0.6) is 0 Å². The number of benzene rings is 1. The van der Waals surface area contributed by atoms with E-state index in [1.165, 1.54) is 23.4 Å². The summed E-state index contributed by atoms with van der Waals surface area (Å²) in [5.74, 6) is 0. The van der Waals surface area contributed by atoms with E-state index in [1.807, 2.05) is 0 Å². The Kier molecular flexibility index (Phi) is 2.95. The van der Waals surface area contributed by atoms with Crippen molar-refractivity contribution in [2.24, 2.45) is 0 Å². The third-order valence-electron chi connectivity index (χ3n) is 2.63. The van der Waals surface area contributed by atoms with E-state index >= 15 is 0 Å². The Hall–Kier alpha value is -1.44. The van der Waals surface area contributed by atoms with Crippen LogP contribution < -0.4 is 10.2 Å². The predicted octanol–water partition coefficient (Wildman–Crippen LogP) is 2.88. The number of nitrogens with one attached hydrogen (secondary N) is 1. The first-order valence-corrected chi connectivity index (χ1v) is 5.49. The number of hydrogen-bond acceptors (Lipinski definition) is 2. The topological polar surface area (TPSA) is 15.3 Å². The average molecular weight is 202 g/mol. The molecule has 2 rings (SSSR count). The Morgan fingerprint density at radius 1 is 1.47 bits per heavy atom. The molecule has 0 fully saturated rings. The summed E-state index contributed by atoms with van der Waals surface area (Å²) in [6.07, 6.45) is 1.18. The van der Waals surface area contributed by atoms with Crippen LogP contribution in [0.1, 0.15) is 13.3 Å². The van der Waals surface area contributed by atoms with Crippen LogP contribution in [0.2, 0.25) is 0 Å². The second-order valence-electron chi connectivity index (χ2n) is 4.18. The van der Waals surface area contributed by atoms with Crippen molar-refractivity contribution in [1.29, 1.82) is 0 Å². The maximum atomic E-state index is 3.99. The largest absolute Gasteiger partial charge is 0.383 e. The fraction of sp³-hybridized carbons (Fsp3) is 0.385. The standard InChI is InChI=1S/C13H18N2/c1-11(2)10-15-9-5-8-14-12-6-3-4-7-13(12)15/h3-4,6-7,14H,1,5,8-10H2,2H3. The molecule has 0 unspecified atom stereocenters. The summed E-state index contributed by atoms with van der Waals surface area (Å²) in [7, 11) is 0. The van der Waals surface area contributed by atoms with E-state index in [0.717, 1.165) is 19.6 Å². The minimum absolute atomic E-state index is 0.957. The van der Waals surface area contributed by atoms with Crippen LogP contribution in [0.15, 0.2) is 36.4 Å². The van der Waals surface area contributed by atoms with Crippen molar-refractivity contribution in [2.45, 2.75) is 13.3 Å². The van der Waals surface area contributed by atoms with E-state index in [0.29, 0.717) is 0 Å². The van der Waals surface area contributed by atoms with E-state index in [9.17, 15) is 0 Å². The van der Waals surface area contributed by atoms with Crippen molar-refractivity contribution >= 4 is 11.4 Å². The normalized spacial score (nSPS) is 15.1. The molecule has 1 aliphatic rings. The van der Waals surface area contributed by atoms with Gasteiger partial charge in [-0.25, -0.2) is 0 Å². The molecule has 1 heterocycles. The first-order chi connectivity index (χ1) is 7.27. The van der Waals surface area contributed by atoms with Crippen LogP contribution in [0.25, 0.3) is 0 Å². The summed E-state index contributed by atoms with van der Waals surface area (Å²) < 4.78 is 0. The summed E-state index contributed by atoms with van der Waals surface area (Å²) in [6.45, 7) is 9.20. The lowest BCUT2D eigenvalue weighted by Crippen LogP contribution is -2.25. The van der Waals surface area contributed by atoms with Gasteiger partial charge in [0, 0.05) is 19.6 Å². The van der Waals surface area contributed by atoms with Gasteiger partial charge >= 0.3 is 0 Å². The van der Waals surface area contributed by atoms with E-state index in [4.69, 9.17) is 0 Å².